The number of hydrogen-bond donors (Lipinski definition) is 2. The highest BCUT2D eigenvalue weighted by Gasteiger charge is 2.16. The molecule has 0 saturated carbocycles. The zero-order valence-corrected chi connectivity index (χ0v) is 18.3. The number of anilines is 2. The summed E-state index contributed by atoms with van der Waals surface area (Å²) in [5, 5.41) is 3.96. The Labute approximate surface area is 191 Å². The molecule has 0 spiro atoms. The maximum atomic E-state index is 12.1. The molecule has 33 heavy (non-hydrogen) atoms. The molecule has 0 radical (unpaired) electrons. The summed E-state index contributed by atoms with van der Waals surface area (Å²) in [5.41, 5.74) is 9.93. The molecule has 7 heteroatoms. The Kier molecular flexibility index (Phi) is 6.22. The third-order valence-electron chi connectivity index (χ3n) is 5.20. The van der Waals surface area contributed by atoms with E-state index in [0.29, 0.717) is 27.8 Å². The second kappa shape index (κ2) is 9.40. The number of nitrogens with two attached hydrogens (primary N) is 1. The number of nitrogens with one attached hydrogen (secondary N) is 1. The Morgan fingerprint density at radius 1 is 1.03 bits per heavy atom. The SMILES string of the molecule is CCOC(=O)c1cccc(Nc2c(C(N)=O)cnc3cc(-c4ccccc4OC)ccc23)c1. The number of benzene rings is 3. The number of primary amides is 1. The average Bonchev–Trinajstić information content (AvgIpc) is 2.84. The lowest BCUT2D eigenvalue weighted by molar-refractivity contribution is 0.0526. The molecule has 0 bridgehead atoms. The van der Waals surface area contributed by atoms with Gasteiger partial charge in [0, 0.05) is 22.8 Å². The van der Waals surface area contributed by atoms with Crippen LogP contribution in [-0.4, -0.2) is 30.6 Å². The molecule has 7 nitrogen and oxygen atoms in total. The molecule has 1 heterocycles. The normalized spacial score (nSPS) is 10.6. The van der Waals surface area contributed by atoms with Gasteiger partial charge in [0.2, 0.25) is 0 Å². The quantitative estimate of drug-likeness (QED) is 0.394. The fourth-order valence-corrected chi connectivity index (χ4v) is 3.65. The minimum atomic E-state index is -0.609. The first-order valence-electron chi connectivity index (χ1n) is 10.4. The first-order chi connectivity index (χ1) is 16.0. The van der Waals surface area contributed by atoms with Crippen LogP contribution in [-0.2, 0) is 4.74 Å². The monoisotopic (exact) mass is 441 g/mol. The van der Waals surface area contributed by atoms with Crippen molar-refractivity contribution < 1.29 is 19.1 Å². The standard InChI is InChI=1S/C26H23N3O4/c1-3-33-26(31)17-7-6-8-18(13-17)29-24-20-12-11-16(19-9-4-5-10-23(19)32-2)14-22(20)28-15-21(24)25(27)30/h4-15H,3H2,1-2H3,(H2,27,30)(H,28,29). The van der Waals surface area contributed by atoms with Gasteiger partial charge in [-0.05, 0) is 42.8 Å². The van der Waals surface area contributed by atoms with E-state index in [1.807, 2.05) is 42.5 Å². The van der Waals surface area contributed by atoms with Gasteiger partial charge in [-0.2, -0.15) is 0 Å². The number of carbonyl (C=O) groups excluding carboxylic acids is 2. The lowest BCUT2D eigenvalue weighted by Crippen LogP contribution is -2.14. The molecule has 0 saturated heterocycles. The number of fused-ring (bicyclic) bond motifs is 1. The van der Waals surface area contributed by atoms with Crippen LogP contribution in [0.5, 0.6) is 5.75 Å². The van der Waals surface area contributed by atoms with Crippen LogP contribution >= 0.6 is 0 Å². The van der Waals surface area contributed by atoms with Crippen LogP contribution in [0.4, 0.5) is 11.4 Å². The van der Waals surface area contributed by atoms with E-state index < -0.39 is 11.9 Å². The molecule has 1 aromatic heterocycles. The number of pyridine rings is 1. The molecule has 166 valence electrons. The smallest absolute Gasteiger partial charge is 0.338 e. The first-order valence-corrected chi connectivity index (χ1v) is 10.4. The van der Waals surface area contributed by atoms with Crippen LogP contribution in [0, 0.1) is 0 Å². The second-order valence-corrected chi connectivity index (χ2v) is 7.27. The Balaban J connectivity index is 1.80. The van der Waals surface area contributed by atoms with Gasteiger partial charge in [-0.1, -0.05) is 36.4 Å². The van der Waals surface area contributed by atoms with Gasteiger partial charge < -0.3 is 20.5 Å². The summed E-state index contributed by atoms with van der Waals surface area (Å²) in [7, 11) is 1.63. The second-order valence-electron chi connectivity index (χ2n) is 7.27. The molecular formula is C26H23N3O4. The molecular weight excluding hydrogens is 418 g/mol. The molecule has 4 aromatic rings. The molecule has 3 N–H and O–H groups in total. The zero-order valence-electron chi connectivity index (χ0n) is 18.3. The number of aromatic nitrogens is 1. The van der Waals surface area contributed by atoms with Crippen molar-refractivity contribution in [3.63, 3.8) is 0 Å². The van der Waals surface area contributed by atoms with E-state index in [0.717, 1.165) is 16.9 Å². The van der Waals surface area contributed by atoms with Gasteiger partial charge in [-0.3, -0.25) is 9.78 Å². The zero-order chi connectivity index (χ0) is 23.4. The van der Waals surface area contributed by atoms with Crippen molar-refractivity contribution in [3.8, 4) is 16.9 Å². The minimum Gasteiger partial charge on any atom is -0.496 e. The van der Waals surface area contributed by atoms with E-state index in [1.54, 1.807) is 38.3 Å². The van der Waals surface area contributed by atoms with Gasteiger partial charge in [0.1, 0.15) is 5.75 Å². The van der Waals surface area contributed by atoms with Crippen molar-refractivity contribution >= 4 is 34.2 Å². The largest absolute Gasteiger partial charge is 0.496 e. The van der Waals surface area contributed by atoms with E-state index >= 15 is 0 Å². The van der Waals surface area contributed by atoms with Gasteiger partial charge in [0.25, 0.3) is 5.91 Å². The molecule has 3 aromatic carbocycles. The van der Waals surface area contributed by atoms with E-state index in [-0.39, 0.29) is 12.2 Å². The fraction of sp³-hybridized carbons (Fsp3) is 0.115. The number of esters is 1. The molecule has 0 aliphatic carbocycles. The van der Waals surface area contributed by atoms with E-state index in [9.17, 15) is 9.59 Å². The van der Waals surface area contributed by atoms with Crippen LogP contribution in [0.2, 0.25) is 0 Å². The molecule has 0 aliphatic heterocycles. The number of methoxy groups -OCH3 is 1. The third-order valence-corrected chi connectivity index (χ3v) is 5.20. The molecule has 0 fully saturated rings. The topological polar surface area (TPSA) is 104 Å². The Bertz CT molecular complexity index is 1350. The van der Waals surface area contributed by atoms with Crippen LogP contribution < -0.4 is 15.8 Å². The third kappa shape index (κ3) is 4.48. The fourth-order valence-electron chi connectivity index (χ4n) is 3.65. The van der Waals surface area contributed by atoms with Crippen molar-refractivity contribution in [3.05, 3.63) is 84.1 Å². The lowest BCUT2D eigenvalue weighted by atomic mass is 10.0. The van der Waals surface area contributed by atoms with Crippen LogP contribution in [0.15, 0.2) is 72.9 Å². The summed E-state index contributed by atoms with van der Waals surface area (Å²) < 4.78 is 10.6. The van der Waals surface area contributed by atoms with Gasteiger partial charge in [-0.25, -0.2) is 4.79 Å². The van der Waals surface area contributed by atoms with Gasteiger partial charge in [0.15, 0.2) is 0 Å². The highest BCUT2D eigenvalue weighted by molar-refractivity contribution is 6.08. The maximum absolute atomic E-state index is 12.1. The van der Waals surface area contributed by atoms with E-state index in [4.69, 9.17) is 15.2 Å². The first kappa shape index (κ1) is 21.8. The summed E-state index contributed by atoms with van der Waals surface area (Å²) in [5.74, 6) is -0.278. The highest BCUT2D eigenvalue weighted by atomic mass is 16.5. The minimum absolute atomic E-state index is 0.245. The summed E-state index contributed by atoms with van der Waals surface area (Å²) >= 11 is 0. The summed E-state index contributed by atoms with van der Waals surface area (Å²) in [6, 6.07) is 20.3. The number of amides is 1. The predicted octanol–water partition coefficient (Wildman–Crippen LogP) is 4.93. The Hall–Kier alpha value is -4.39. The van der Waals surface area contributed by atoms with Crippen LogP contribution in [0.3, 0.4) is 0 Å². The molecule has 0 unspecified atom stereocenters. The van der Waals surface area contributed by atoms with Crippen molar-refractivity contribution in [1.29, 1.82) is 0 Å². The number of nitrogens with zero attached hydrogens (tertiary/aromatic N) is 1. The number of rotatable bonds is 7. The summed E-state index contributed by atoms with van der Waals surface area (Å²) in [6.45, 7) is 2.04. The lowest BCUT2D eigenvalue weighted by Gasteiger charge is -2.15. The number of para-hydroxylation sites is 1. The molecule has 0 atom stereocenters. The van der Waals surface area contributed by atoms with Crippen molar-refractivity contribution in [2.75, 3.05) is 19.0 Å². The molecule has 4 rings (SSSR count). The Morgan fingerprint density at radius 3 is 2.61 bits per heavy atom. The number of ether oxygens (including phenoxy) is 2. The molecule has 0 aliphatic rings. The van der Waals surface area contributed by atoms with Gasteiger partial charge in [0.05, 0.1) is 36.0 Å². The average molecular weight is 441 g/mol. The number of hydrogen-bond acceptors (Lipinski definition) is 6. The number of carbonyl (C=O) groups is 2. The van der Waals surface area contributed by atoms with Gasteiger partial charge in [-0.15, -0.1) is 0 Å². The Morgan fingerprint density at radius 2 is 1.85 bits per heavy atom. The van der Waals surface area contributed by atoms with E-state index in [1.165, 1.54) is 6.20 Å². The van der Waals surface area contributed by atoms with Gasteiger partial charge >= 0.3 is 5.97 Å². The maximum Gasteiger partial charge on any atom is 0.338 e. The van der Waals surface area contributed by atoms with Crippen molar-refractivity contribution in [1.82, 2.24) is 4.98 Å². The van der Waals surface area contributed by atoms with Crippen LogP contribution in [0.25, 0.3) is 22.0 Å². The summed E-state index contributed by atoms with van der Waals surface area (Å²) in [4.78, 5) is 28.7. The van der Waals surface area contributed by atoms with Crippen molar-refractivity contribution in [2.24, 2.45) is 5.73 Å². The molecule has 1 amide bonds. The van der Waals surface area contributed by atoms with E-state index in [2.05, 4.69) is 10.3 Å². The van der Waals surface area contributed by atoms with Crippen LogP contribution in [0.1, 0.15) is 27.6 Å². The highest BCUT2D eigenvalue weighted by Crippen LogP contribution is 2.35. The summed E-state index contributed by atoms with van der Waals surface area (Å²) in [6.07, 6.45) is 1.45. The predicted molar refractivity (Wildman–Crippen MR) is 128 cm³/mol. The van der Waals surface area contributed by atoms with Crippen molar-refractivity contribution in [2.45, 2.75) is 6.92 Å².